The van der Waals surface area contributed by atoms with Crippen LogP contribution in [-0.4, -0.2) is 41.3 Å². The lowest BCUT2D eigenvalue weighted by Gasteiger charge is -2.12. The standard InChI is InChI=1S/C22H17BrN4O5S/c23-15-4-6-17(7-5-15)32-21-18(22(29)27-9-2-1-3-19(27)26-21)11-14(12-24)20(28)25-16-8-10-33(30,31)13-16/h1-7,9,11,16H,8,10,13H2,(H,25,28). The molecule has 0 aliphatic carbocycles. The van der Waals surface area contributed by atoms with Crippen molar-refractivity contribution in [3.05, 3.63) is 74.6 Å². The molecule has 0 bridgehead atoms. The van der Waals surface area contributed by atoms with Gasteiger partial charge in [-0.2, -0.15) is 10.2 Å². The molecule has 1 aliphatic rings. The summed E-state index contributed by atoms with van der Waals surface area (Å²) in [5.74, 6) is -0.649. The number of rotatable bonds is 5. The Labute approximate surface area is 197 Å². The van der Waals surface area contributed by atoms with Gasteiger partial charge in [-0.1, -0.05) is 22.0 Å². The summed E-state index contributed by atoms with van der Waals surface area (Å²) in [6, 6.07) is 13.0. The lowest BCUT2D eigenvalue weighted by Crippen LogP contribution is -2.36. The van der Waals surface area contributed by atoms with E-state index in [4.69, 9.17) is 4.74 Å². The molecule has 1 fully saturated rings. The summed E-state index contributed by atoms with van der Waals surface area (Å²) in [6.07, 6.45) is 2.90. The summed E-state index contributed by atoms with van der Waals surface area (Å²) < 4.78 is 31.3. The van der Waals surface area contributed by atoms with Gasteiger partial charge in [0.05, 0.1) is 11.5 Å². The number of fused-ring (bicyclic) bond motifs is 1. The Morgan fingerprint density at radius 1 is 1.27 bits per heavy atom. The Morgan fingerprint density at radius 2 is 2.03 bits per heavy atom. The quantitative estimate of drug-likeness (QED) is 0.397. The molecule has 1 atom stereocenters. The third-order valence-corrected chi connectivity index (χ3v) is 7.28. The largest absolute Gasteiger partial charge is 0.438 e. The second-order valence-electron chi connectivity index (χ2n) is 7.36. The Kier molecular flexibility index (Phi) is 6.31. The molecule has 9 nitrogen and oxygen atoms in total. The molecule has 11 heteroatoms. The zero-order valence-electron chi connectivity index (χ0n) is 17.1. The van der Waals surface area contributed by atoms with Crippen LogP contribution < -0.4 is 15.6 Å². The third-order valence-electron chi connectivity index (χ3n) is 4.98. The number of halogens is 1. The fraction of sp³-hybridized carbons (Fsp3) is 0.182. The predicted molar refractivity (Wildman–Crippen MR) is 124 cm³/mol. The van der Waals surface area contributed by atoms with Gasteiger partial charge in [0, 0.05) is 16.7 Å². The van der Waals surface area contributed by atoms with E-state index < -0.39 is 27.3 Å². The molecule has 168 valence electrons. The highest BCUT2D eigenvalue weighted by Gasteiger charge is 2.29. The van der Waals surface area contributed by atoms with Gasteiger partial charge in [0.25, 0.3) is 11.5 Å². The van der Waals surface area contributed by atoms with Crippen LogP contribution in [0.4, 0.5) is 0 Å². The molecule has 1 saturated heterocycles. The van der Waals surface area contributed by atoms with Crippen LogP contribution >= 0.6 is 15.9 Å². The molecule has 1 unspecified atom stereocenters. The number of sulfone groups is 1. The first kappa shape index (κ1) is 22.7. The van der Waals surface area contributed by atoms with E-state index in [1.165, 1.54) is 10.6 Å². The van der Waals surface area contributed by atoms with Gasteiger partial charge in [0.1, 0.15) is 28.6 Å². The van der Waals surface area contributed by atoms with Crippen molar-refractivity contribution in [2.45, 2.75) is 12.5 Å². The highest BCUT2D eigenvalue weighted by molar-refractivity contribution is 9.10. The van der Waals surface area contributed by atoms with Crippen LogP contribution in [0.2, 0.25) is 0 Å². The smallest absolute Gasteiger partial charge is 0.269 e. The first-order valence-corrected chi connectivity index (χ1v) is 12.4. The Bertz CT molecular complexity index is 1470. The summed E-state index contributed by atoms with van der Waals surface area (Å²) in [6.45, 7) is 0. The van der Waals surface area contributed by atoms with Crippen LogP contribution in [0.3, 0.4) is 0 Å². The summed E-state index contributed by atoms with van der Waals surface area (Å²) >= 11 is 3.34. The first-order chi connectivity index (χ1) is 15.8. The van der Waals surface area contributed by atoms with Crippen LogP contribution in [0.15, 0.2) is 63.5 Å². The number of nitrogens with zero attached hydrogens (tertiary/aromatic N) is 3. The molecule has 1 N–H and O–H groups in total. The topological polar surface area (TPSA) is 131 Å². The molecule has 1 aliphatic heterocycles. The van der Waals surface area contributed by atoms with Crippen molar-refractivity contribution in [3.63, 3.8) is 0 Å². The van der Waals surface area contributed by atoms with E-state index in [1.54, 1.807) is 48.5 Å². The number of hydrogen-bond acceptors (Lipinski definition) is 7. The first-order valence-electron chi connectivity index (χ1n) is 9.83. The fourth-order valence-electron chi connectivity index (χ4n) is 3.36. The zero-order valence-corrected chi connectivity index (χ0v) is 19.5. The lowest BCUT2D eigenvalue weighted by molar-refractivity contribution is -0.117. The van der Waals surface area contributed by atoms with Crippen molar-refractivity contribution in [3.8, 4) is 17.7 Å². The summed E-state index contributed by atoms with van der Waals surface area (Å²) in [4.78, 5) is 30.2. The number of benzene rings is 1. The second-order valence-corrected chi connectivity index (χ2v) is 10.5. The van der Waals surface area contributed by atoms with E-state index in [0.717, 1.165) is 10.5 Å². The Morgan fingerprint density at radius 3 is 2.70 bits per heavy atom. The minimum Gasteiger partial charge on any atom is -0.438 e. The minimum atomic E-state index is -3.21. The van der Waals surface area contributed by atoms with Gasteiger partial charge in [-0.25, -0.2) is 8.42 Å². The van der Waals surface area contributed by atoms with Crippen LogP contribution in [0.5, 0.6) is 11.6 Å². The van der Waals surface area contributed by atoms with Gasteiger partial charge < -0.3 is 10.1 Å². The number of hydrogen-bond donors (Lipinski definition) is 1. The average molecular weight is 529 g/mol. The maximum Gasteiger partial charge on any atom is 0.269 e. The number of carbonyl (C=O) groups is 1. The second kappa shape index (κ2) is 9.17. The van der Waals surface area contributed by atoms with Crippen LogP contribution in [0.1, 0.15) is 12.0 Å². The molecular formula is C22H17BrN4O5S. The predicted octanol–water partition coefficient (Wildman–Crippen LogP) is 2.46. The maximum absolute atomic E-state index is 13.2. The molecule has 33 heavy (non-hydrogen) atoms. The van der Waals surface area contributed by atoms with E-state index >= 15 is 0 Å². The molecule has 3 heterocycles. The van der Waals surface area contributed by atoms with E-state index in [9.17, 15) is 23.3 Å². The summed E-state index contributed by atoms with van der Waals surface area (Å²) in [5.41, 5.74) is -0.662. The number of ether oxygens (including phenoxy) is 1. The van der Waals surface area contributed by atoms with Crippen molar-refractivity contribution >= 4 is 43.4 Å². The molecular weight excluding hydrogens is 512 g/mol. The van der Waals surface area contributed by atoms with Gasteiger partial charge in [0.15, 0.2) is 9.84 Å². The number of nitriles is 1. The number of amides is 1. The molecule has 2 aromatic heterocycles. The molecule has 3 aromatic rings. The van der Waals surface area contributed by atoms with Crippen LogP contribution in [0, 0.1) is 11.3 Å². The van der Waals surface area contributed by atoms with E-state index in [1.807, 2.05) is 0 Å². The zero-order chi connectivity index (χ0) is 23.6. The van der Waals surface area contributed by atoms with Gasteiger partial charge in [-0.15, -0.1) is 0 Å². The van der Waals surface area contributed by atoms with Crippen molar-refractivity contribution < 1.29 is 17.9 Å². The van der Waals surface area contributed by atoms with Crippen molar-refractivity contribution in [1.29, 1.82) is 5.26 Å². The van der Waals surface area contributed by atoms with Crippen molar-refractivity contribution in [2.75, 3.05) is 11.5 Å². The fourth-order valence-corrected chi connectivity index (χ4v) is 5.30. The SMILES string of the molecule is N#CC(=Cc1c(Oc2ccc(Br)cc2)nc2ccccn2c1=O)C(=O)NC1CCS(=O)(=O)C1. The normalized spacial score (nSPS) is 17.5. The van der Waals surface area contributed by atoms with Gasteiger partial charge in [-0.3, -0.25) is 14.0 Å². The van der Waals surface area contributed by atoms with E-state index in [2.05, 4.69) is 26.2 Å². The monoisotopic (exact) mass is 528 g/mol. The van der Waals surface area contributed by atoms with Gasteiger partial charge in [-0.05, 0) is 48.9 Å². The van der Waals surface area contributed by atoms with E-state index in [-0.39, 0.29) is 34.9 Å². The Balaban J connectivity index is 1.75. The number of nitrogens with one attached hydrogen (secondary N) is 1. The highest BCUT2D eigenvalue weighted by atomic mass is 79.9. The van der Waals surface area contributed by atoms with Crippen LogP contribution in [-0.2, 0) is 14.6 Å². The number of aromatic nitrogens is 2. The Hall–Kier alpha value is -3.49. The third kappa shape index (κ3) is 5.13. The highest BCUT2D eigenvalue weighted by Crippen LogP contribution is 2.25. The summed E-state index contributed by atoms with van der Waals surface area (Å²) in [5, 5.41) is 12.1. The number of pyridine rings is 1. The molecule has 0 radical (unpaired) electrons. The van der Waals surface area contributed by atoms with Crippen LogP contribution in [0.25, 0.3) is 11.7 Å². The molecule has 0 saturated carbocycles. The maximum atomic E-state index is 13.2. The number of carbonyl (C=O) groups excluding carboxylic acids is 1. The van der Waals surface area contributed by atoms with E-state index in [0.29, 0.717) is 11.4 Å². The summed E-state index contributed by atoms with van der Waals surface area (Å²) in [7, 11) is -3.21. The van der Waals surface area contributed by atoms with Gasteiger partial charge in [0.2, 0.25) is 5.88 Å². The van der Waals surface area contributed by atoms with Crippen molar-refractivity contribution in [1.82, 2.24) is 14.7 Å². The molecule has 1 aromatic carbocycles. The molecule has 0 spiro atoms. The molecule has 1 amide bonds. The average Bonchev–Trinajstić information content (AvgIpc) is 3.13. The lowest BCUT2D eigenvalue weighted by atomic mass is 10.1. The van der Waals surface area contributed by atoms with Gasteiger partial charge >= 0.3 is 0 Å². The molecule has 4 rings (SSSR count). The minimum absolute atomic E-state index is 0.0231. The van der Waals surface area contributed by atoms with Crippen molar-refractivity contribution in [2.24, 2.45) is 0 Å².